The minimum absolute atomic E-state index is 0.0184. The fourth-order valence-electron chi connectivity index (χ4n) is 7.87. The molecule has 8 atom stereocenters. The van der Waals surface area contributed by atoms with E-state index in [2.05, 4.69) is 6.08 Å². The van der Waals surface area contributed by atoms with Crippen LogP contribution >= 0.6 is 0 Å². The number of rotatable bonds is 21. The zero-order valence-electron chi connectivity index (χ0n) is 32.9. The summed E-state index contributed by atoms with van der Waals surface area (Å²) in [6, 6.07) is 38.7. The van der Waals surface area contributed by atoms with E-state index in [1.54, 1.807) is 0 Å². The van der Waals surface area contributed by atoms with Crippen molar-refractivity contribution in [3.8, 4) is 0 Å². The van der Waals surface area contributed by atoms with Crippen LogP contribution in [0.15, 0.2) is 127 Å². The number of aliphatic hydroxyl groups is 3. The van der Waals surface area contributed by atoms with Crippen LogP contribution in [0.2, 0.25) is 0 Å². The van der Waals surface area contributed by atoms with E-state index in [-0.39, 0.29) is 57.9 Å². The molecule has 3 N–H and O–H groups in total. The Morgan fingerprint density at radius 2 is 1.28 bits per heavy atom. The molecular weight excluding hydrogens is 725 g/mol. The lowest BCUT2D eigenvalue weighted by Crippen LogP contribution is -2.74. The zero-order chi connectivity index (χ0) is 40.1. The van der Waals surface area contributed by atoms with Crippen LogP contribution in [0, 0.1) is 5.92 Å². The SMILES string of the molecule is CC(=O)O[C@H](CCC[C@]12O[C@H](COCc3ccccc3)[C@@](O)(COCc3ccccc3)[C@](COCc3ccccc3)(O1)[C@H](O)[C@H]2O)[C@H](C)C/C=C/c1ccccc1. The van der Waals surface area contributed by atoms with E-state index >= 15 is 0 Å². The summed E-state index contributed by atoms with van der Waals surface area (Å²) < 4.78 is 37.8. The molecule has 0 saturated carbocycles. The number of aliphatic hydroxyl groups excluding tert-OH is 2. The largest absolute Gasteiger partial charge is 0.462 e. The Labute approximate surface area is 336 Å². The maximum absolute atomic E-state index is 12.9. The second-order valence-corrected chi connectivity index (χ2v) is 15.2. The van der Waals surface area contributed by atoms with Gasteiger partial charge >= 0.3 is 5.97 Å². The molecule has 4 aromatic carbocycles. The molecule has 0 aromatic heterocycles. The van der Waals surface area contributed by atoms with Crippen molar-refractivity contribution in [2.24, 2.45) is 5.92 Å². The number of benzene rings is 4. The number of fused-ring (bicyclic) bond motifs is 2. The third-order valence-electron chi connectivity index (χ3n) is 11.0. The monoisotopic (exact) mass is 780 g/mol. The number of hydrogen-bond donors (Lipinski definition) is 3. The molecule has 0 radical (unpaired) electrons. The van der Waals surface area contributed by atoms with Crippen molar-refractivity contribution in [1.82, 2.24) is 0 Å². The molecule has 2 bridgehead atoms. The van der Waals surface area contributed by atoms with Gasteiger partial charge in [-0.3, -0.25) is 4.79 Å². The van der Waals surface area contributed by atoms with Crippen molar-refractivity contribution in [2.45, 2.75) is 101 Å². The number of allylic oxidation sites excluding steroid dienone is 1. The van der Waals surface area contributed by atoms with Crippen molar-refractivity contribution >= 4 is 12.0 Å². The Hall–Kier alpha value is -4.23. The summed E-state index contributed by atoms with van der Waals surface area (Å²) >= 11 is 0. The minimum Gasteiger partial charge on any atom is -0.462 e. The van der Waals surface area contributed by atoms with E-state index in [4.69, 9.17) is 28.4 Å². The van der Waals surface area contributed by atoms with Crippen molar-refractivity contribution in [3.05, 3.63) is 150 Å². The topological polar surface area (TPSA) is 133 Å². The van der Waals surface area contributed by atoms with E-state index in [0.29, 0.717) is 19.3 Å². The van der Waals surface area contributed by atoms with Gasteiger partial charge in [0.1, 0.15) is 24.4 Å². The Kier molecular flexibility index (Phi) is 14.8. The van der Waals surface area contributed by atoms with Gasteiger partial charge in [-0.15, -0.1) is 0 Å². The second kappa shape index (κ2) is 20.0. The van der Waals surface area contributed by atoms with Crippen LogP contribution in [-0.2, 0) is 53.0 Å². The maximum atomic E-state index is 12.9. The number of esters is 1. The smallest absolute Gasteiger partial charge is 0.302 e. The van der Waals surface area contributed by atoms with Gasteiger partial charge in [-0.05, 0) is 47.4 Å². The average molecular weight is 781 g/mol. The molecule has 2 heterocycles. The molecule has 2 saturated heterocycles. The first-order chi connectivity index (χ1) is 27.6. The molecule has 304 valence electrons. The lowest BCUT2D eigenvalue weighted by Gasteiger charge is -2.54. The summed E-state index contributed by atoms with van der Waals surface area (Å²) in [5, 5.41) is 37.0. The molecule has 0 aliphatic carbocycles. The Morgan fingerprint density at radius 3 is 1.84 bits per heavy atom. The highest BCUT2D eigenvalue weighted by molar-refractivity contribution is 5.66. The summed E-state index contributed by atoms with van der Waals surface area (Å²) in [5.74, 6) is -2.15. The van der Waals surface area contributed by atoms with Gasteiger partial charge in [0, 0.05) is 13.3 Å². The summed E-state index contributed by atoms with van der Waals surface area (Å²) in [7, 11) is 0. The van der Waals surface area contributed by atoms with Gasteiger partial charge in [0.05, 0.1) is 39.6 Å². The molecular formula is C47H56O10. The van der Waals surface area contributed by atoms with E-state index in [1.807, 2.05) is 134 Å². The van der Waals surface area contributed by atoms with Gasteiger partial charge in [0.2, 0.25) is 0 Å². The third-order valence-corrected chi connectivity index (χ3v) is 11.0. The van der Waals surface area contributed by atoms with Crippen LogP contribution in [0.3, 0.4) is 0 Å². The van der Waals surface area contributed by atoms with Crippen LogP contribution in [-0.4, -0.2) is 82.5 Å². The van der Waals surface area contributed by atoms with Gasteiger partial charge in [-0.2, -0.15) is 0 Å². The van der Waals surface area contributed by atoms with Crippen molar-refractivity contribution in [3.63, 3.8) is 0 Å². The molecule has 0 amide bonds. The van der Waals surface area contributed by atoms with E-state index in [9.17, 15) is 20.1 Å². The van der Waals surface area contributed by atoms with Gasteiger partial charge < -0.3 is 43.7 Å². The molecule has 2 fully saturated rings. The molecule has 2 aliphatic heterocycles. The van der Waals surface area contributed by atoms with Gasteiger partial charge in [0.15, 0.2) is 17.0 Å². The van der Waals surface area contributed by atoms with Gasteiger partial charge in [-0.25, -0.2) is 0 Å². The van der Waals surface area contributed by atoms with Crippen LogP contribution in [0.5, 0.6) is 0 Å². The normalized spacial score (nSPS) is 26.6. The summed E-state index contributed by atoms with van der Waals surface area (Å²) in [5.41, 5.74) is -0.153. The summed E-state index contributed by atoms with van der Waals surface area (Å²) in [4.78, 5) is 12.2. The fraction of sp³-hybridized carbons (Fsp3) is 0.426. The highest BCUT2D eigenvalue weighted by Gasteiger charge is 2.77. The number of ether oxygens (including phenoxy) is 6. The minimum atomic E-state index is -2.05. The summed E-state index contributed by atoms with van der Waals surface area (Å²) in [6.45, 7) is 3.29. The predicted molar refractivity (Wildman–Crippen MR) is 215 cm³/mol. The van der Waals surface area contributed by atoms with Crippen LogP contribution in [0.4, 0.5) is 0 Å². The average Bonchev–Trinajstić information content (AvgIpc) is 3.41. The van der Waals surface area contributed by atoms with Crippen LogP contribution in [0.25, 0.3) is 6.08 Å². The third kappa shape index (κ3) is 10.5. The van der Waals surface area contributed by atoms with E-state index < -0.39 is 41.4 Å². The lowest BCUT2D eigenvalue weighted by molar-refractivity contribution is -0.409. The van der Waals surface area contributed by atoms with Crippen LogP contribution in [0.1, 0.15) is 61.8 Å². The number of hydrogen-bond acceptors (Lipinski definition) is 10. The molecule has 57 heavy (non-hydrogen) atoms. The first-order valence-electron chi connectivity index (χ1n) is 19.8. The number of carbonyl (C=O) groups is 1. The molecule has 10 nitrogen and oxygen atoms in total. The van der Waals surface area contributed by atoms with Crippen LogP contribution < -0.4 is 0 Å². The molecule has 2 aliphatic rings. The Bertz CT molecular complexity index is 1830. The first kappa shape index (κ1) is 42.4. The highest BCUT2D eigenvalue weighted by Crippen LogP contribution is 2.54. The first-order valence-corrected chi connectivity index (χ1v) is 19.8. The molecule has 10 heteroatoms. The molecule has 0 unspecified atom stereocenters. The Morgan fingerprint density at radius 1 is 0.754 bits per heavy atom. The quantitative estimate of drug-likeness (QED) is 0.0777. The van der Waals surface area contributed by atoms with Gasteiger partial charge in [0.25, 0.3) is 0 Å². The number of carbonyl (C=O) groups excluding carboxylic acids is 1. The summed E-state index contributed by atoms with van der Waals surface area (Å²) in [6.07, 6.45) is 0.985. The van der Waals surface area contributed by atoms with Crippen molar-refractivity contribution in [2.75, 3.05) is 19.8 Å². The van der Waals surface area contributed by atoms with E-state index in [0.717, 1.165) is 22.3 Å². The molecule has 0 spiro atoms. The maximum Gasteiger partial charge on any atom is 0.302 e. The zero-order valence-corrected chi connectivity index (χ0v) is 32.9. The van der Waals surface area contributed by atoms with E-state index in [1.165, 1.54) is 6.92 Å². The van der Waals surface area contributed by atoms with Crippen molar-refractivity contribution < 1.29 is 48.5 Å². The second-order valence-electron chi connectivity index (χ2n) is 15.2. The Balaban J connectivity index is 1.25. The molecule has 6 rings (SSSR count). The van der Waals surface area contributed by atoms with Crippen molar-refractivity contribution in [1.29, 1.82) is 0 Å². The highest BCUT2D eigenvalue weighted by atomic mass is 16.8. The lowest BCUT2D eigenvalue weighted by atomic mass is 9.75. The standard InChI is InChI=1S/C47H56O10/c1-35(17-15-26-37-18-7-3-8-19-37)41(55-36(2)48)27-16-28-47-44(50)43(49)46(57-47,34-54-31-40-24-13-6-14-25-40)45(51,33-53-30-39-22-11-5-12-23-39)42(56-47)32-52-29-38-20-9-4-10-21-38/h3-15,18-26,35,41-44,49-51H,16-17,27-34H2,1-2H3/b26-15+/t35-,41-,42-,43-,44-,45+,46-,47+/m1/s1. The fourth-order valence-corrected chi connectivity index (χ4v) is 7.87. The molecule has 4 aromatic rings. The van der Waals surface area contributed by atoms with Gasteiger partial charge in [-0.1, -0.05) is 140 Å². The predicted octanol–water partition coefficient (Wildman–Crippen LogP) is 6.80.